The fourth-order valence-corrected chi connectivity index (χ4v) is 3.56. The summed E-state index contributed by atoms with van der Waals surface area (Å²) >= 11 is 3.43. The smallest absolute Gasteiger partial charge is 0.256 e. The summed E-state index contributed by atoms with van der Waals surface area (Å²) in [5.41, 5.74) is 0.972. The Morgan fingerprint density at radius 1 is 1.07 bits per heavy atom. The van der Waals surface area contributed by atoms with Gasteiger partial charge >= 0.3 is 0 Å². The summed E-state index contributed by atoms with van der Waals surface area (Å²) in [4.78, 5) is 16.3. The van der Waals surface area contributed by atoms with Crippen molar-refractivity contribution in [2.24, 2.45) is 0 Å². The number of rotatable bonds is 4. The normalized spacial score (nSPS) is 15.0. The molecule has 8 heteroatoms. The average molecular weight is 445 g/mol. The highest BCUT2D eigenvalue weighted by Gasteiger charge is 2.24. The van der Waals surface area contributed by atoms with Crippen molar-refractivity contribution in [1.29, 1.82) is 0 Å². The molecule has 1 fully saturated rings. The fraction of sp³-hybridized carbons (Fsp3) is 0.250. The quantitative estimate of drug-likeness (QED) is 0.615. The first kappa shape index (κ1) is 18.8. The van der Waals surface area contributed by atoms with Gasteiger partial charge in [0.1, 0.15) is 5.82 Å². The van der Waals surface area contributed by atoms with Crippen LogP contribution in [0, 0.1) is 5.82 Å². The van der Waals surface area contributed by atoms with Crippen LogP contribution >= 0.6 is 15.9 Å². The van der Waals surface area contributed by atoms with E-state index in [0.717, 1.165) is 10.0 Å². The predicted molar refractivity (Wildman–Crippen MR) is 105 cm³/mol. The van der Waals surface area contributed by atoms with E-state index in [4.69, 9.17) is 4.42 Å². The molecule has 144 valence electrons. The summed E-state index contributed by atoms with van der Waals surface area (Å²) in [5.74, 6) is 0.252. The van der Waals surface area contributed by atoms with E-state index in [1.165, 1.54) is 12.1 Å². The van der Waals surface area contributed by atoms with Crippen molar-refractivity contribution in [3.05, 3.63) is 70.3 Å². The highest BCUT2D eigenvalue weighted by Crippen LogP contribution is 2.22. The molecule has 2 aromatic carbocycles. The lowest BCUT2D eigenvalue weighted by molar-refractivity contribution is 0.0614. The summed E-state index contributed by atoms with van der Waals surface area (Å²) in [6.07, 6.45) is 0. The molecule has 0 saturated carbocycles. The summed E-state index contributed by atoms with van der Waals surface area (Å²) in [6.45, 7) is 2.89. The van der Waals surface area contributed by atoms with Crippen LogP contribution in [0.25, 0.3) is 11.5 Å². The average Bonchev–Trinajstić information content (AvgIpc) is 3.17. The van der Waals surface area contributed by atoms with Crippen LogP contribution in [0.3, 0.4) is 0 Å². The molecular weight excluding hydrogens is 427 g/mol. The Morgan fingerprint density at radius 3 is 2.61 bits per heavy atom. The SMILES string of the molecule is O=C(c1ccccc1F)N1CCN(Cc2nnc(-c3cccc(Br)c3)o2)CC1. The molecule has 0 unspecified atom stereocenters. The Bertz CT molecular complexity index is 986. The fourth-order valence-electron chi connectivity index (χ4n) is 3.16. The topological polar surface area (TPSA) is 62.5 Å². The number of hydrogen-bond donors (Lipinski definition) is 0. The van der Waals surface area contributed by atoms with E-state index in [0.29, 0.717) is 44.5 Å². The number of nitrogens with zero attached hydrogens (tertiary/aromatic N) is 4. The number of aromatic nitrogens is 2. The number of carbonyl (C=O) groups is 1. The molecular formula is C20H18BrFN4O2. The first-order chi connectivity index (χ1) is 13.6. The van der Waals surface area contributed by atoms with Crippen molar-refractivity contribution in [3.63, 3.8) is 0 Å². The van der Waals surface area contributed by atoms with E-state index in [1.807, 2.05) is 24.3 Å². The van der Waals surface area contributed by atoms with Gasteiger partial charge in [-0.15, -0.1) is 10.2 Å². The maximum absolute atomic E-state index is 13.8. The lowest BCUT2D eigenvalue weighted by atomic mass is 10.1. The molecule has 4 rings (SSSR count). The third-order valence-electron chi connectivity index (χ3n) is 4.66. The van der Waals surface area contributed by atoms with Crippen LogP contribution in [0.1, 0.15) is 16.2 Å². The molecule has 0 bridgehead atoms. The summed E-state index contributed by atoms with van der Waals surface area (Å²) < 4.78 is 20.6. The van der Waals surface area contributed by atoms with Gasteiger partial charge in [-0.25, -0.2) is 4.39 Å². The van der Waals surface area contributed by atoms with E-state index in [9.17, 15) is 9.18 Å². The van der Waals surface area contributed by atoms with E-state index in [2.05, 4.69) is 31.0 Å². The zero-order valence-corrected chi connectivity index (χ0v) is 16.6. The second kappa shape index (κ2) is 8.20. The lowest BCUT2D eigenvalue weighted by Crippen LogP contribution is -2.48. The first-order valence-electron chi connectivity index (χ1n) is 8.94. The van der Waals surface area contributed by atoms with Crippen LogP contribution in [0.15, 0.2) is 57.4 Å². The molecule has 0 spiro atoms. The molecule has 1 aliphatic heterocycles. The van der Waals surface area contributed by atoms with Crippen molar-refractivity contribution in [3.8, 4) is 11.5 Å². The van der Waals surface area contributed by atoms with E-state index in [-0.39, 0.29) is 11.5 Å². The Balaban J connectivity index is 1.35. The maximum Gasteiger partial charge on any atom is 0.256 e. The number of piperazine rings is 1. The zero-order valence-electron chi connectivity index (χ0n) is 15.0. The van der Waals surface area contributed by atoms with E-state index in [1.54, 1.807) is 17.0 Å². The molecule has 3 aromatic rings. The highest BCUT2D eigenvalue weighted by atomic mass is 79.9. The number of carbonyl (C=O) groups excluding carboxylic acids is 1. The lowest BCUT2D eigenvalue weighted by Gasteiger charge is -2.34. The number of benzene rings is 2. The summed E-state index contributed by atoms with van der Waals surface area (Å²) in [7, 11) is 0. The zero-order chi connectivity index (χ0) is 19.5. The molecule has 0 N–H and O–H groups in total. The van der Waals surface area contributed by atoms with Crippen molar-refractivity contribution < 1.29 is 13.6 Å². The maximum atomic E-state index is 13.8. The summed E-state index contributed by atoms with van der Waals surface area (Å²) in [5, 5.41) is 8.24. The first-order valence-corrected chi connectivity index (χ1v) is 9.74. The Labute approximate surface area is 170 Å². The van der Waals surface area contributed by atoms with Gasteiger partial charge in [-0.3, -0.25) is 9.69 Å². The van der Waals surface area contributed by atoms with Crippen molar-refractivity contribution in [1.82, 2.24) is 20.0 Å². The van der Waals surface area contributed by atoms with Gasteiger partial charge in [0.25, 0.3) is 5.91 Å². The van der Waals surface area contributed by atoms with Crippen LogP contribution in [-0.2, 0) is 6.54 Å². The number of halogens is 2. The Kier molecular flexibility index (Phi) is 5.50. The van der Waals surface area contributed by atoms with Crippen LogP contribution in [-0.4, -0.2) is 52.1 Å². The minimum absolute atomic E-state index is 0.117. The Morgan fingerprint density at radius 2 is 1.86 bits per heavy atom. The van der Waals surface area contributed by atoms with E-state index >= 15 is 0 Å². The molecule has 0 aliphatic carbocycles. The van der Waals surface area contributed by atoms with Crippen molar-refractivity contribution in [2.45, 2.75) is 6.54 Å². The monoisotopic (exact) mass is 444 g/mol. The molecule has 1 aliphatic rings. The van der Waals surface area contributed by atoms with Gasteiger partial charge < -0.3 is 9.32 Å². The minimum Gasteiger partial charge on any atom is -0.419 e. The predicted octanol–water partition coefficient (Wildman–Crippen LogP) is 3.60. The molecule has 2 heterocycles. The van der Waals surface area contributed by atoms with E-state index < -0.39 is 5.82 Å². The third kappa shape index (κ3) is 4.13. The van der Waals surface area contributed by atoms with Gasteiger partial charge in [-0.05, 0) is 30.3 Å². The Hall–Kier alpha value is -2.58. The van der Waals surface area contributed by atoms with Crippen LogP contribution in [0.5, 0.6) is 0 Å². The van der Waals surface area contributed by atoms with Gasteiger partial charge in [0.15, 0.2) is 0 Å². The molecule has 6 nitrogen and oxygen atoms in total. The second-order valence-electron chi connectivity index (χ2n) is 6.56. The number of hydrogen-bond acceptors (Lipinski definition) is 5. The largest absolute Gasteiger partial charge is 0.419 e. The number of amides is 1. The van der Waals surface area contributed by atoms with Gasteiger partial charge in [0.2, 0.25) is 11.8 Å². The molecule has 0 atom stereocenters. The molecule has 1 aromatic heterocycles. The summed E-state index contributed by atoms with van der Waals surface area (Å²) in [6, 6.07) is 13.8. The van der Waals surface area contributed by atoms with Crippen LogP contribution in [0.4, 0.5) is 4.39 Å². The molecule has 1 amide bonds. The minimum atomic E-state index is -0.485. The third-order valence-corrected chi connectivity index (χ3v) is 5.15. The molecule has 0 radical (unpaired) electrons. The van der Waals surface area contributed by atoms with Crippen LogP contribution < -0.4 is 0 Å². The van der Waals surface area contributed by atoms with Gasteiger partial charge in [-0.1, -0.05) is 34.1 Å². The van der Waals surface area contributed by atoms with Crippen LogP contribution in [0.2, 0.25) is 0 Å². The highest BCUT2D eigenvalue weighted by molar-refractivity contribution is 9.10. The van der Waals surface area contributed by atoms with Crippen molar-refractivity contribution in [2.75, 3.05) is 26.2 Å². The molecule has 28 heavy (non-hydrogen) atoms. The van der Waals surface area contributed by atoms with Gasteiger partial charge in [-0.2, -0.15) is 0 Å². The standard InChI is InChI=1S/C20H18BrFN4O2/c21-15-5-3-4-14(12-15)19-24-23-18(28-19)13-25-8-10-26(11-9-25)20(27)16-6-1-2-7-17(16)22/h1-7,12H,8-11,13H2. The van der Waals surface area contributed by atoms with Gasteiger partial charge in [0.05, 0.1) is 12.1 Å². The molecule has 1 saturated heterocycles. The van der Waals surface area contributed by atoms with Crippen molar-refractivity contribution >= 4 is 21.8 Å². The van der Waals surface area contributed by atoms with Gasteiger partial charge in [0, 0.05) is 36.2 Å². The second-order valence-corrected chi connectivity index (χ2v) is 7.48.